The Hall–Kier alpha value is -0.395. The minimum Gasteiger partial charge on any atom is -0.399 e. The molecule has 0 aromatic carbocycles. The average molecular weight is 364 g/mol. The van der Waals surface area contributed by atoms with Gasteiger partial charge in [-0.3, -0.25) is 0 Å². The normalized spacial score (nSPS) is 20.1. The van der Waals surface area contributed by atoms with E-state index in [2.05, 4.69) is 46.8 Å². The maximum absolute atomic E-state index is 6.20. The van der Waals surface area contributed by atoms with E-state index in [9.17, 15) is 0 Å². The van der Waals surface area contributed by atoms with E-state index in [1.807, 2.05) is 34.0 Å². The molecular formula is C17H21BO2S3. The molecule has 0 aliphatic carbocycles. The number of rotatable bonds is 3. The monoisotopic (exact) mass is 364 g/mol. The van der Waals surface area contributed by atoms with Crippen LogP contribution in [0.1, 0.15) is 45.9 Å². The van der Waals surface area contributed by atoms with Crippen molar-refractivity contribution in [1.29, 1.82) is 0 Å². The van der Waals surface area contributed by atoms with Gasteiger partial charge in [-0.1, -0.05) is 13.3 Å². The van der Waals surface area contributed by atoms with Crippen LogP contribution in [-0.2, 0) is 15.7 Å². The average Bonchev–Trinajstić information content (AvgIpc) is 3.11. The SMILES string of the molecule is CCCc1cc2sc3cc(B4OC(C)(C)C(C)(C)O4)sc3c2s1. The van der Waals surface area contributed by atoms with E-state index in [0.29, 0.717) is 0 Å². The summed E-state index contributed by atoms with van der Waals surface area (Å²) in [5.41, 5.74) is -0.552. The number of thiophene rings is 3. The van der Waals surface area contributed by atoms with Gasteiger partial charge in [0.15, 0.2) is 0 Å². The van der Waals surface area contributed by atoms with Crippen LogP contribution in [0.15, 0.2) is 12.1 Å². The highest BCUT2D eigenvalue weighted by molar-refractivity contribution is 7.41. The van der Waals surface area contributed by atoms with Crippen LogP contribution in [0.4, 0.5) is 0 Å². The zero-order chi connectivity index (χ0) is 16.4. The van der Waals surface area contributed by atoms with Crippen LogP contribution in [0.25, 0.3) is 18.8 Å². The fourth-order valence-electron chi connectivity index (χ4n) is 2.85. The third kappa shape index (κ3) is 2.50. The van der Waals surface area contributed by atoms with E-state index in [-0.39, 0.29) is 18.3 Å². The Bertz CT molecular complexity index is 855. The van der Waals surface area contributed by atoms with Gasteiger partial charge in [0.2, 0.25) is 0 Å². The van der Waals surface area contributed by atoms with Crippen molar-refractivity contribution < 1.29 is 9.31 Å². The first-order chi connectivity index (χ1) is 10.8. The Morgan fingerprint density at radius 2 is 1.52 bits per heavy atom. The van der Waals surface area contributed by atoms with E-state index < -0.39 is 0 Å². The Labute approximate surface area is 149 Å². The van der Waals surface area contributed by atoms with Crippen molar-refractivity contribution in [3.63, 3.8) is 0 Å². The predicted octanol–water partition coefficient (Wildman–Crippen LogP) is 5.43. The summed E-state index contributed by atoms with van der Waals surface area (Å²) in [6.07, 6.45) is 2.39. The van der Waals surface area contributed by atoms with Crippen molar-refractivity contribution in [3.05, 3.63) is 17.0 Å². The van der Waals surface area contributed by atoms with Crippen molar-refractivity contribution >= 4 is 64.7 Å². The molecule has 122 valence electrons. The molecule has 3 aromatic rings. The predicted molar refractivity (Wildman–Crippen MR) is 105 cm³/mol. The van der Waals surface area contributed by atoms with Gasteiger partial charge in [0, 0.05) is 19.1 Å². The lowest BCUT2D eigenvalue weighted by molar-refractivity contribution is 0.00578. The highest BCUT2D eigenvalue weighted by atomic mass is 32.1. The number of aryl methyl sites for hydroxylation is 1. The van der Waals surface area contributed by atoms with Gasteiger partial charge in [0.05, 0.1) is 20.6 Å². The summed E-state index contributed by atoms with van der Waals surface area (Å²) in [6, 6.07) is 4.63. The second kappa shape index (κ2) is 5.30. The van der Waals surface area contributed by atoms with Crippen LogP contribution in [0.2, 0.25) is 0 Å². The summed E-state index contributed by atoms with van der Waals surface area (Å²) in [7, 11) is -0.241. The number of fused-ring (bicyclic) bond motifs is 3. The van der Waals surface area contributed by atoms with Crippen LogP contribution < -0.4 is 4.78 Å². The first kappa shape index (κ1) is 16.1. The van der Waals surface area contributed by atoms with Crippen molar-refractivity contribution in [2.45, 2.75) is 58.7 Å². The summed E-state index contributed by atoms with van der Waals surface area (Å²) in [4.78, 5) is 1.50. The summed E-state index contributed by atoms with van der Waals surface area (Å²) < 4.78 is 19.2. The molecule has 0 saturated carbocycles. The quantitative estimate of drug-likeness (QED) is 0.577. The Balaban J connectivity index is 1.72. The molecule has 4 heterocycles. The maximum Gasteiger partial charge on any atom is 0.505 e. The van der Waals surface area contributed by atoms with Gasteiger partial charge in [0.1, 0.15) is 0 Å². The van der Waals surface area contributed by atoms with Crippen LogP contribution in [0.5, 0.6) is 0 Å². The smallest absolute Gasteiger partial charge is 0.399 e. The van der Waals surface area contributed by atoms with E-state index in [0.717, 1.165) is 0 Å². The standard InChI is InChI=1S/C17H21BO2S3/c1-6-7-10-8-11-14(21-10)15-12(22-11)9-13(23-15)18-19-16(2,3)17(4,5)20-18/h8-9H,6-7H2,1-5H3. The van der Waals surface area contributed by atoms with Crippen molar-refractivity contribution in [1.82, 2.24) is 0 Å². The third-order valence-electron chi connectivity index (χ3n) is 4.87. The van der Waals surface area contributed by atoms with Gasteiger partial charge in [-0.05, 0) is 46.2 Å². The summed E-state index contributed by atoms with van der Waals surface area (Å²) in [5.74, 6) is 0. The van der Waals surface area contributed by atoms with E-state index >= 15 is 0 Å². The van der Waals surface area contributed by atoms with E-state index in [1.165, 1.54) is 41.3 Å². The molecule has 1 aliphatic heterocycles. The van der Waals surface area contributed by atoms with Crippen molar-refractivity contribution in [2.75, 3.05) is 0 Å². The molecular weight excluding hydrogens is 343 g/mol. The molecule has 0 spiro atoms. The van der Waals surface area contributed by atoms with Gasteiger partial charge in [-0.25, -0.2) is 0 Å². The number of hydrogen-bond acceptors (Lipinski definition) is 5. The zero-order valence-corrected chi connectivity index (χ0v) is 16.6. The van der Waals surface area contributed by atoms with E-state index in [1.54, 1.807) is 0 Å². The molecule has 6 heteroatoms. The highest BCUT2D eigenvalue weighted by Gasteiger charge is 2.52. The Kier molecular flexibility index (Phi) is 3.71. The molecule has 23 heavy (non-hydrogen) atoms. The second-order valence-electron chi connectivity index (χ2n) is 7.19. The molecule has 1 aliphatic rings. The minimum atomic E-state index is -0.276. The van der Waals surface area contributed by atoms with Crippen molar-refractivity contribution in [2.24, 2.45) is 0 Å². The lowest BCUT2D eigenvalue weighted by atomic mass is 9.88. The number of hydrogen-bond donors (Lipinski definition) is 0. The fourth-order valence-corrected chi connectivity index (χ4v) is 6.96. The van der Waals surface area contributed by atoms with Gasteiger partial charge >= 0.3 is 7.12 Å². The maximum atomic E-state index is 6.20. The lowest BCUT2D eigenvalue weighted by Gasteiger charge is -2.32. The fraction of sp³-hybridized carbons (Fsp3) is 0.529. The largest absolute Gasteiger partial charge is 0.505 e. The topological polar surface area (TPSA) is 18.5 Å². The molecule has 0 radical (unpaired) electrons. The zero-order valence-electron chi connectivity index (χ0n) is 14.2. The molecule has 0 unspecified atom stereocenters. The molecule has 0 atom stereocenters. The molecule has 1 saturated heterocycles. The molecule has 1 fully saturated rings. The van der Waals surface area contributed by atoms with Gasteiger partial charge < -0.3 is 9.31 Å². The van der Waals surface area contributed by atoms with Crippen LogP contribution in [0.3, 0.4) is 0 Å². The van der Waals surface area contributed by atoms with Gasteiger partial charge in [-0.2, -0.15) is 0 Å². The van der Waals surface area contributed by atoms with Gasteiger partial charge in [0.25, 0.3) is 0 Å². The summed E-state index contributed by atoms with van der Waals surface area (Å²) in [5, 5.41) is 0. The van der Waals surface area contributed by atoms with Crippen molar-refractivity contribution in [3.8, 4) is 0 Å². The van der Waals surface area contributed by atoms with Crippen LogP contribution >= 0.6 is 34.0 Å². The first-order valence-corrected chi connectivity index (χ1v) is 10.6. The first-order valence-electron chi connectivity index (χ1n) is 8.11. The molecule has 3 aromatic heterocycles. The van der Waals surface area contributed by atoms with E-state index in [4.69, 9.17) is 9.31 Å². The molecule has 2 nitrogen and oxygen atoms in total. The molecule has 4 rings (SSSR count). The third-order valence-corrected chi connectivity index (χ3v) is 8.73. The minimum absolute atomic E-state index is 0.241. The summed E-state index contributed by atoms with van der Waals surface area (Å²) >= 11 is 5.68. The van der Waals surface area contributed by atoms with Crippen LogP contribution in [0, 0.1) is 0 Å². The molecule has 0 N–H and O–H groups in total. The molecule has 0 amide bonds. The van der Waals surface area contributed by atoms with Gasteiger partial charge in [-0.15, -0.1) is 34.0 Å². The molecule has 0 bridgehead atoms. The highest BCUT2D eigenvalue weighted by Crippen LogP contribution is 2.43. The summed E-state index contributed by atoms with van der Waals surface area (Å²) in [6.45, 7) is 10.7. The Morgan fingerprint density at radius 1 is 0.913 bits per heavy atom. The second-order valence-corrected chi connectivity index (χ2v) is 10.5. The Morgan fingerprint density at radius 3 is 2.17 bits per heavy atom. The lowest BCUT2D eigenvalue weighted by Crippen LogP contribution is -2.41. The van der Waals surface area contributed by atoms with Crippen LogP contribution in [-0.4, -0.2) is 18.3 Å².